The molecule has 0 saturated carbocycles. The maximum absolute atomic E-state index is 11.9. The quantitative estimate of drug-likeness (QED) is 0.742. The van der Waals surface area contributed by atoms with E-state index in [1.54, 1.807) is 12.4 Å². The number of aromatic nitrogens is 1. The first-order valence-corrected chi connectivity index (χ1v) is 6.69. The highest BCUT2D eigenvalue weighted by molar-refractivity contribution is 5.95. The van der Waals surface area contributed by atoms with E-state index in [0.717, 1.165) is 24.1 Å². The Morgan fingerprint density at radius 2 is 2.26 bits per heavy atom. The molecule has 19 heavy (non-hydrogen) atoms. The summed E-state index contributed by atoms with van der Waals surface area (Å²) >= 11 is 0. The van der Waals surface area contributed by atoms with E-state index in [1.165, 1.54) is 0 Å². The third kappa shape index (κ3) is 5.12. The molecular formula is C15H23N3O. The standard InChI is InChI=1S/C15H23N3O/c1-5-6-11(2)9-17-15(19)13(4)18-14-7-8-16-10-12(14)3/h7-8,10-11H,4-6,9H2,1-3H3,(H,16,18)(H,17,19). The number of nitrogens with zero attached hydrogens (tertiary/aromatic N) is 1. The third-order valence-electron chi connectivity index (χ3n) is 2.97. The zero-order chi connectivity index (χ0) is 14.3. The normalized spacial score (nSPS) is 11.7. The fourth-order valence-corrected chi connectivity index (χ4v) is 1.80. The highest BCUT2D eigenvalue weighted by Crippen LogP contribution is 2.13. The third-order valence-corrected chi connectivity index (χ3v) is 2.97. The minimum atomic E-state index is -0.154. The molecule has 2 N–H and O–H groups in total. The van der Waals surface area contributed by atoms with E-state index in [0.29, 0.717) is 18.2 Å². The number of rotatable bonds is 7. The van der Waals surface area contributed by atoms with Gasteiger partial charge in [-0.25, -0.2) is 0 Å². The second-order valence-electron chi connectivity index (χ2n) is 4.90. The Labute approximate surface area is 115 Å². The second kappa shape index (κ2) is 7.56. The molecule has 1 amide bonds. The van der Waals surface area contributed by atoms with Gasteiger partial charge >= 0.3 is 0 Å². The number of carbonyl (C=O) groups is 1. The van der Waals surface area contributed by atoms with E-state index in [4.69, 9.17) is 0 Å². The Morgan fingerprint density at radius 1 is 1.53 bits per heavy atom. The first-order chi connectivity index (χ1) is 9.04. The monoisotopic (exact) mass is 261 g/mol. The minimum absolute atomic E-state index is 0.154. The lowest BCUT2D eigenvalue weighted by Gasteiger charge is -2.14. The molecule has 0 aromatic carbocycles. The SMILES string of the molecule is C=C(Nc1ccncc1C)C(=O)NCC(C)CCC. The molecular weight excluding hydrogens is 238 g/mol. The summed E-state index contributed by atoms with van der Waals surface area (Å²) in [4.78, 5) is 15.9. The summed E-state index contributed by atoms with van der Waals surface area (Å²) in [6.07, 6.45) is 5.68. The van der Waals surface area contributed by atoms with Crippen LogP contribution in [-0.2, 0) is 4.79 Å². The van der Waals surface area contributed by atoms with Crippen LogP contribution in [0, 0.1) is 12.8 Å². The molecule has 0 aliphatic heterocycles. The largest absolute Gasteiger partial charge is 0.351 e. The minimum Gasteiger partial charge on any atom is -0.351 e. The lowest BCUT2D eigenvalue weighted by molar-refractivity contribution is -0.117. The van der Waals surface area contributed by atoms with Crippen LogP contribution >= 0.6 is 0 Å². The fourth-order valence-electron chi connectivity index (χ4n) is 1.80. The van der Waals surface area contributed by atoms with Crippen LogP contribution in [0.4, 0.5) is 5.69 Å². The van der Waals surface area contributed by atoms with E-state index < -0.39 is 0 Å². The van der Waals surface area contributed by atoms with Crippen molar-refractivity contribution in [3.8, 4) is 0 Å². The van der Waals surface area contributed by atoms with Gasteiger partial charge in [0.25, 0.3) is 5.91 Å². The van der Waals surface area contributed by atoms with E-state index >= 15 is 0 Å². The molecule has 0 aliphatic carbocycles. The molecule has 104 valence electrons. The van der Waals surface area contributed by atoms with Crippen LogP contribution in [0.3, 0.4) is 0 Å². The Bertz CT molecular complexity index is 443. The van der Waals surface area contributed by atoms with Gasteiger partial charge in [0.2, 0.25) is 0 Å². The lowest BCUT2D eigenvalue weighted by atomic mass is 10.1. The van der Waals surface area contributed by atoms with Crippen molar-refractivity contribution in [1.29, 1.82) is 0 Å². The van der Waals surface area contributed by atoms with Gasteiger partial charge in [0.1, 0.15) is 0 Å². The summed E-state index contributed by atoms with van der Waals surface area (Å²) in [7, 11) is 0. The molecule has 0 bridgehead atoms. The summed E-state index contributed by atoms with van der Waals surface area (Å²) < 4.78 is 0. The molecule has 0 fully saturated rings. The van der Waals surface area contributed by atoms with Crippen molar-refractivity contribution in [2.45, 2.75) is 33.6 Å². The summed E-state index contributed by atoms with van der Waals surface area (Å²) in [5, 5.41) is 5.91. The number of nitrogens with one attached hydrogen (secondary N) is 2. The number of anilines is 1. The zero-order valence-electron chi connectivity index (χ0n) is 12.0. The summed E-state index contributed by atoms with van der Waals surface area (Å²) in [6.45, 7) is 10.7. The van der Waals surface area contributed by atoms with Crippen LogP contribution in [0.15, 0.2) is 30.7 Å². The van der Waals surface area contributed by atoms with E-state index in [9.17, 15) is 4.79 Å². The Kier molecular flexibility index (Phi) is 6.06. The van der Waals surface area contributed by atoms with Gasteiger partial charge < -0.3 is 10.6 Å². The van der Waals surface area contributed by atoms with Gasteiger partial charge in [-0.1, -0.05) is 26.8 Å². The molecule has 1 aromatic heterocycles. The van der Waals surface area contributed by atoms with Crippen LogP contribution in [-0.4, -0.2) is 17.4 Å². The smallest absolute Gasteiger partial charge is 0.267 e. The molecule has 0 radical (unpaired) electrons. The number of carbonyl (C=O) groups excluding carboxylic acids is 1. The first-order valence-electron chi connectivity index (χ1n) is 6.69. The maximum atomic E-state index is 11.9. The number of pyridine rings is 1. The van der Waals surface area contributed by atoms with Gasteiger partial charge in [0.05, 0.1) is 5.70 Å². The molecule has 0 saturated heterocycles. The predicted molar refractivity (Wildman–Crippen MR) is 78.8 cm³/mol. The topological polar surface area (TPSA) is 54.0 Å². The number of hydrogen-bond acceptors (Lipinski definition) is 3. The van der Waals surface area contributed by atoms with Crippen molar-refractivity contribution < 1.29 is 4.79 Å². The molecule has 1 aromatic rings. The number of hydrogen-bond donors (Lipinski definition) is 2. The van der Waals surface area contributed by atoms with E-state index in [-0.39, 0.29) is 5.91 Å². The van der Waals surface area contributed by atoms with Crippen LogP contribution in [0.2, 0.25) is 0 Å². The van der Waals surface area contributed by atoms with Crippen molar-refractivity contribution >= 4 is 11.6 Å². The van der Waals surface area contributed by atoms with Gasteiger partial charge in [-0.2, -0.15) is 0 Å². The van der Waals surface area contributed by atoms with Crippen LogP contribution in [0.5, 0.6) is 0 Å². The Hall–Kier alpha value is -1.84. The van der Waals surface area contributed by atoms with E-state index in [2.05, 4.69) is 36.0 Å². The van der Waals surface area contributed by atoms with Crippen LogP contribution < -0.4 is 10.6 Å². The summed E-state index contributed by atoms with van der Waals surface area (Å²) in [5.41, 5.74) is 2.20. The number of amides is 1. The molecule has 1 atom stereocenters. The van der Waals surface area contributed by atoms with Crippen molar-refractivity contribution in [2.24, 2.45) is 5.92 Å². The zero-order valence-corrected chi connectivity index (χ0v) is 12.0. The summed E-state index contributed by atoms with van der Waals surface area (Å²) in [5.74, 6) is 0.337. The Balaban J connectivity index is 2.45. The first kappa shape index (κ1) is 15.2. The van der Waals surface area contributed by atoms with Gasteiger partial charge in [-0.3, -0.25) is 9.78 Å². The molecule has 4 heteroatoms. The van der Waals surface area contributed by atoms with Gasteiger partial charge in [-0.05, 0) is 30.9 Å². The summed E-state index contributed by atoms with van der Waals surface area (Å²) in [6, 6.07) is 1.83. The molecule has 1 unspecified atom stereocenters. The van der Waals surface area contributed by atoms with Crippen molar-refractivity contribution in [3.63, 3.8) is 0 Å². The average Bonchev–Trinajstić information content (AvgIpc) is 2.39. The molecule has 0 aliphatic rings. The van der Waals surface area contributed by atoms with Gasteiger partial charge in [0, 0.05) is 24.6 Å². The molecule has 1 heterocycles. The van der Waals surface area contributed by atoms with Crippen molar-refractivity contribution in [1.82, 2.24) is 10.3 Å². The maximum Gasteiger partial charge on any atom is 0.267 e. The van der Waals surface area contributed by atoms with Gasteiger partial charge in [-0.15, -0.1) is 0 Å². The molecule has 0 spiro atoms. The second-order valence-corrected chi connectivity index (χ2v) is 4.90. The average molecular weight is 261 g/mol. The highest BCUT2D eigenvalue weighted by Gasteiger charge is 2.09. The molecule has 1 rings (SSSR count). The van der Waals surface area contributed by atoms with Crippen molar-refractivity contribution in [2.75, 3.05) is 11.9 Å². The van der Waals surface area contributed by atoms with Crippen molar-refractivity contribution in [3.05, 3.63) is 36.3 Å². The Morgan fingerprint density at radius 3 is 2.89 bits per heavy atom. The predicted octanol–water partition coefficient (Wildman–Crippen LogP) is 2.87. The molecule has 4 nitrogen and oxygen atoms in total. The van der Waals surface area contributed by atoms with E-state index in [1.807, 2.05) is 13.0 Å². The van der Waals surface area contributed by atoms with Crippen LogP contribution in [0.25, 0.3) is 0 Å². The highest BCUT2D eigenvalue weighted by atomic mass is 16.2. The lowest BCUT2D eigenvalue weighted by Crippen LogP contribution is -2.31. The number of aryl methyl sites for hydroxylation is 1. The van der Waals surface area contributed by atoms with Gasteiger partial charge in [0.15, 0.2) is 0 Å². The fraction of sp³-hybridized carbons (Fsp3) is 0.467. The van der Waals surface area contributed by atoms with Crippen LogP contribution in [0.1, 0.15) is 32.3 Å².